The van der Waals surface area contributed by atoms with Crippen molar-refractivity contribution in [3.8, 4) is 0 Å². The number of anilines is 1. The highest BCUT2D eigenvalue weighted by Crippen LogP contribution is 2.32. The molecule has 1 aliphatic carbocycles. The van der Waals surface area contributed by atoms with E-state index >= 15 is 0 Å². The number of amides is 2. The molecule has 0 radical (unpaired) electrons. The molecule has 3 rings (SSSR count). The van der Waals surface area contributed by atoms with Crippen LogP contribution in [0.25, 0.3) is 0 Å². The van der Waals surface area contributed by atoms with Gasteiger partial charge in [0.25, 0.3) is 0 Å². The van der Waals surface area contributed by atoms with Gasteiger partial charge in [0, 0.05) is 19.5 Å². The van der Waals surface area contributed by atoms with E-state index in [1.54, 1.807) is 23.1 Å². The van der Waals surface area contributed by atoms with Crippen molar-refractivity contribution >= 4 is 29.1 Å². The third-order valence-electron chi connectivity index (χ3n) is 4.52. The van der Waals surface area contributed by atoms with Crippen LogP contribution in [0.4, 0.5) is 5.69 Å². The predicted octanol–water partition coefficient (Wildman–Crippen LogP) is 1.72. The fourth-order valence-corrected chi connectivity index (χ4v) is 3.18. The standard InChI is InChI=1S/C16H19ClN2O3/c17-12-4-1-2-5-13(12)19-9-11(8-14(19)20)15(21)18-10-16(22)6-3-7-16/h1-2,4-5,11,22H,3,6-10H2,(H,18,21). The molecule has 1 aromatic carbocycles. The molecular formula is C16H19ClN2O3. The van der Waals surface area contributed by atoms with Gasteiger partial charge in [-0.2, -0.15) is 0 Å². The first kappa shape index (κ1) is 15.3. The monoisotopic (exact) mass is 322 g/mol. The first-order chi connectivity index (χ1) is 10.5. The van der Waals surface area contributed by atoms with Gasteiger partial charge in [-0.3, -0.25) is 9.59 Å². The van der Waals surface area contributed by atoms with Crippen LogP contribution in [-0.2, 0) is 9.59 Å². The van der Waals surface area contributed by atoms with E-state index in [0.29, 0.717) is 17.3 Å². The fourth-order valence-electron chi connectivity index (χ4n) is 2.94. The molecule has 0 bridgehead atoms. The molecule has 1 atom stereocenters. The summed E-state index contributed by atoms with van der Waals surface area (Å²) in [5.41, 5.74) is -0.108. The zero-order chi connectivity index (χ0) is 15.7. The summed E-state index contributed by atoms with van der Waals surface area (Å²) in [6.45, 7) is 0.593. The number of aliphatic hydroxyl groups is 1. The summed E-state index contributed by atoms with van der Waals surface area (Å²) in [5, 5.41) is 13.3. The Bertz CT molecular complexity index is 601. The first-order valence-electron chi connectivity index (χ1n) is 7.53. The van der Waals surface area contributed by atoms with Crippen molar-refractivity contribution in [2.24, 2.45) is 5.92 Å². The van der Waals surface area contributed by atoms with Crippen molar-refractivity contribution in [2.75, 3.05) is 18.0 Å². The van der Waals surface area contributed by atoms with Crippen molar-refractivity contribution < 1.29 is 14.7 Å². The lowest BCUT2D eigenvalue weighted by Crippen LogP contribution is -2.49. The molecular weight excluding hydrogens is 304 g/mol. The van der Waals surface area contributed by atoms with E-state index in [-0.39, 0.29) is 24.8 Å². The summed E-state index contributed by atoms with van der Waals surface area (Å²) in [6.07, 6.45) is 2.62. The van der Waals surface area contributed by atoms with Crippen molar-refractivity contribution in [1.82, 2.24) is 5.32 Å². The van der Waals surface area contributed by atoms with Gasteiger partial charge in [0.05, 0.1) is 22.2 Å². The molecule has 2 fully saturated rings. The molecule has 1 unspecified atom stereocenters. The Balaban J connectivity index is 1.62. The number of halogens is 1. The molecule has 6 heteroatoms. The van der Waals surface area contributed by atoms with Gasteiger partial charge < -0.3 is 15.3 Å². The van der Waals surface area contributed by atoms with Crippen LogP contribution in [0.2, 0.25) is 5.02 Å². The molecule has 2 amide bonds. The van der Waals surface area contributed by atoms with Gasteiger partial charge in [-0.25, -0.2) is 0 Å². The normalized spacial score (nSPS) is 23.3. The van der Waals surface area contributed by atoms with Gasteiger partial charge in [0.2, 0.25) is 11.8 Å². The first-order valence-corrected chi connectivity index (χ1v) is 7.91. The van der Waals surface area contributed by atoms with Crippen molar-refractivity contribution in [2.45, 2.75) is 31.3 Å². The number of hydrogen-bond acceptors (Lipinski definition) is 3. The third-order valence-corrected chi connectivity index (χ3v) is 4.83. The van der Waals surface area contributed by atoms with E-state index in [1.807, 2.05) is 6.07 Å². The average molecular weight is 323 g/mol. The van der Waals surface area contributed by atoms with Gasteiger partial charge in [-0.1, -0.05) is 23.7 Å². The van der Waals surface area contributed by atoms with E-state index in [1.165, 1.54) is 0 Å². The van der Waals surface area contributed by atoms with Crippen LogP contribution in [0.5, 0.6) is 0 Å². The van der Waals surface area contributed by atoms with Gasteiger partial charge in [-0.05, 0) is 31.4 Å². The SMILES string of the molecule is O=C(NCC1(O)CCC1)C1CC(=O)N(c2ccccc2Cl)C1. The zero-order valence-corrected chi connectivity index (χ0v) is 13.0. The van der Waals surface area contributed by atoms with Crippen LogP contribution < -0.4 is 10.2 Å². The smallest absolute Gasteiger partial charge is 0.227 e. The number of carbonyl (C=O) groups excluding carboxylic acids is 2. The molecule has 1 aromatic rings. The Labute approximate surface area is 134 Å². The minimum atomic E-state index is -0.749. The van der Waals surface area contributed by atoms with Crippen molar-refractivity contribution in [3.63, 3.8) is 0 Å². The molecule has 1 heterocycles. The Morgan fingerprint density at radius 1 is 1.41 bits per heavy atom. The lowest BCUT2D eigenvalue weighted by molar-refractivity contribution is -0.128. The number of nitrogens with zero attached hydrogens (tertiary/aromatic N) is 1. The van der Waals surface area contributed by atoms with Gasteiger partial charge in [-0.15, -0.1) is 0 Å². The second-order valence-electron chi connectivity index (χ2n) is 6.15. The fraction of sp³-hybridized carbons (Fsp3) is 0.500. The number of benzene rings is 1. The second kappa shape index (κ2) is 5.89. The highest BCUT2D eigenvalue weighted by molar-refractivity contribution is 6.33. The molecule has 1 saturated carbocycles. The predicted molar refractivity (Wildman–Crippen MR) is 83.7 cm³/mol. The lowest BCUT2D eigenvalue weighted by Gasteiger charge is -2.36. The number of hydrogen-bond donors (Lipinski definition) is 2. The molecule has 0 spiro atoms. The van der Waals surface area contributed by atoms with E-state index in [2.05, 4.69) is 5.32 Å². The number of nitrogens with one attached hydrogen (secondary N) is 1. The summed E-state index contributed by atoms with van der Waals surface area (Å²) in [6, 6.07) is 7.12. The average Bonchev–Trinajstić information content (AvgIpc) is 2.85. The van der Waals surface area contributed by atoms with E-state index in [4.69, 9.17) is 11.6 Å². The number of carbonyl (C=O) groups is 2. The maximum Gasteiger partial charge on any atom is 0.227 e. The van der Waals surface area contributed by atoms with Crippen LogP contribution in [0.3, 0.4) is 0 Å². The summed E-state index contributed by atoms with van der Waals surface area (Å²) >= 11 is 6.12. The van der Waals surface area contributed by atoms with Crippen LogP contribution in [0, 0.1) is 5.92 Å². The molecule has 1 aliphatic heterocycles. The summed E-state index contributed by atoms with van der Waals surface area (Å²) in [7, 11) is 0. The highest BCUT2D eigenvalue weighted by atomic mass is 35.5. The quantitative estimate of drug-likeness (QED) is 0.887. The molecule has 2 aliphatic rings. The zero-order valence-electron chi connectivity index (χ0n) is 12.2. The maximum absolute atomic E-state index is 12.2. The Morgan fingerprint density at radius 2 is 2.14 bits per heavy atom. The molecule has 0 aromatic heterocycles. The van der Waals surface area contributed by atoms with E-state index < -0.39 is 11.5 Å². The van der Waals surface area contributed by atoms with Crippen molar-refractivity contribution in [3.05, 3.63) is 29.3 Å². The van der Waals surface area contributed by atoms with E-state index in [9.17, 15) is 14.7 Å². The Kier molecular flexibility index (Phi) is 4.10. The largest absolute Gasteiger partial charge is 0.388 e. The van der Waals surface area contributed by atoms with Gasteiger partial charge in [0.15, 0.2) is 0 Å². The van der Waals surface area contributed by atoms with Crippen LogP contribution in [0.1, 0.15) is 25.7 Å². The lowest BCUT2D eigenvalue weighted by atomic mass is 9.80. The van der Waals surface area contributed by atoms with Crippen LogP contribution >= 0.6 is 11.6 Å². The van der Waals surface area contributed by atoms with Crippen LogP contribution in [-0.4, -0.2) is 35.6 Å². The molecule has 1 saturated heterocycles. The summed E-state index contributed by atoms with van der Waals surface area (Å²) in [4.78, 5) is 25.9. The molecule has 118 valence electrons. The van der Waals surface area contributed by atoms with Crippen molar-refractivity contribution in [1.29, 1.82) is 0 Å². The molecule has 2 N–H and O–H groups in total. The summed E-state index contributed by atoms with van der Waals surface area (Å²) < 4.78 is 0. The number of para-hydroxylation sites is 1. The topological polar surface area (TPSA) is 69.6 Å². The Hall–Kier alpha value is -1.59. The maximum atomic E-state index is 12.2. The molecule has 22 heavy (non-hydrogen) atoms. The number of rotatable bonds is 4. The van der Waals surface area contributed by atoms with Gasteiger partial charge in [0.1, 0.15) is 0 Å². The minimum absolute atomic E-state index is 0.101. The molecule has 5 nitrogen and oxygen atoms in total. The summed E-state index contributed by atoms with van der Waals surface area (Å²) in [5.74, 6) is -0.675. The minimum Gasteiger partial charge on any atom is -0.388 e. The van der Waals surface area contributed by atoms with Crippen LogP contribution in [0.15, 0.2) is 24.3 Å². The Morgan fingerprint density at radius 3 is 2.77 bits per heavy atom. The highest BCUT2D eigenvalue weighted by Gasteiger charge is 2.38. The van der Waals surface area contributed by atoms with Gasteiger partial charge >= 0.3 is 0 Å². The van der Waals surface area contributed by atoms with E-state index in [0.717, 1.165) is 19.3 Å². The second-order valence-corrected chi connectivity index (χ2v) is 6.56. The third kappa shape index (κ3) is 2.96.